The van der Waals surface area contributed by atoms with Crippen molar-refractivity contribution in [1.82, 2.24) is 24.8 Å². The summed E-state index contributed by atoms with van der Waals surface area (Å²) in [5.74, 6) is -0.0745. The minimum absolute atomic E-state index is 0.0745. The summed E-state index contributed by atoms with van der Waals surface area (Å²) >= 11 is 0. The van der Waals surface area contributed by atoms with Gasteiger partial charge >= 0.3 is 0 Å². The molecule has 0 atom stereocenters. The lowest BCUT2D eigenvalue weighted by Gasteiger charge is -2.34. The zero-order valence-electron chi connectivity index (χ0n) is 14.1. The number of piperazine rings is 1. The Bertz CT molecular complexity index is 702. The SMILES string of the molecule is Cc1ccc(-n2nnc(C(=O)N3CCN(CCO)CC3)c2C)cc1. The number of benzene rings is 1. The summed E-state index contributed by atoms with van der Waals surface area (Å²) in [6, 6.07) is 7.97. The molecule has 0 unspecified atom stereocenters. The fourth-order valence-electron chi connectivity index (χ4n) is 2.92. The van der Waals surface area contributed by atoms with Crippen LogP contribution in [0.1, 0.15) is 21.7 Å². The van der Waals surface area contributed by atoms with Crippen molar-refractivity contribution < 1.29 is 9.90 Å². The number of aliphatic hydroxyl groups excluding tert-OH is 1. The fraction of sp³-hybridized carbons (Fsp3) is 0.471. The number of aromatic nitrogens is 3. The second kappa shape index (κ2) is 7.11. The number of nitrogens with zero attached hydrogens (tertiary/aromatic N) is 5. The zero-order chi connectivity index (χ0) is 17.1. The maximum Gasteiger partial charge on any atom is 0.276 e. The third-order valence-electron chi connectivity index (χ3n) is 4.45. The first-order valence-corrected chi connectivity index (χ1v) is 8.22. The average Bonchev–Trinajstić information content (AvgIpc) is 2.97. The highest BCUT2D eigenvalue weighted by Crippen LogP contribution is 2.15. The largest absolute Gasteiger partial charge is 0.395 e. The van der Waals surface area contributed by atoms with Gasteiger partial charge in [-0.15, -0.1) is 5.10 Å². The van der Waals surface area contributed by atoms with E-state index in [0.29, 0.717) is 25.3 Å². The zero-order valence-corrected chi connectivity index (χ0v) is 14.1. The summed E-state index contributed by atoms with van der Waals surface area (Å²) in [4.78, 5) is 16.7. The Morgan fingerprint density at radius 1 is 1.12 bits per heavy atom. The van der Waals surface area contributed by atoms with E-state index in [1.807, 2.05) is 43.0 Å². The lowest BCUT2D eigenvalue weighted by Crippen LogP contribution is -2.49. The smallest absolute Gasteiger partial charge is 0.276 e. The monoisotopic (exact) mass is 329 g/mol. The summed E-state index contributed by atoms with van der Waals surface area (Å²) in [7, 11) is 0. The van der Waals surface area contributed by atoms with E-state index in [9.17, 15) is 4.79 Å². The summed E-state index contributed by atoms with van der Waals surface area (Å²) in [5.41, 5.74) is 3.24. The molecule has 1 N–H and O–H groups in total. The summed E-state index contributed by atoms with van der Waals surface area (Å²) in [5, 5.41) is 17.3. The van der Waals surface area contributed by atoms with Crippen LogP contribution in [0.2, 0.25) is 0 Å². The van der Waals surface area contributed by atoms with Crippen molar-refractivity contribution >= 4 is 5.91 Å². The van der Waals surface area contributed by atoms with Gasteiger partial charge in [-0.3, -0.25) is 9.69 Å². The van der Waals surface area contributed by atoms with Gasteiger partial charge in [0, 0.05) is 32.7 Å². The van der Waals surface area contributed by atoms with Crippen LogP contribution in [0.3, 0.4) is 0 Å². The van der Waals surface area contributed by atoms with Crippen LogP contribution in [0, 0.1) is 13.8 Å². The second-order valence-corrected chi connectivity index (χ2v) is 6.13. The number of carbonyl (C=O) groups is 1. The summed E-state index contributed by atoms with van der Waals surface area (Å²) in [6.45, 7) is 7.56. The third-order valence-corrected chi connectivity index (χ3v) is 4.45. The van der Waals surface area contributed by atoms with Crippen LogP contribution < -0.4 is 0 Å². The van der Waals surface area contributed by atoms with Crippen LogP contribution in [0.5, 0.6) is 0 Å². The molecule has 3 rings (SSSR count). The predicted octanol–water partition coefficient (Wildman–Crippen LogP) is 0.634. The van der Waals surface area contributed by atoms with Crippen LogP contribution in [0.25, 0.3) is 5.69 Å². The van der Waals surface area contributed by atoms with Crippen LogP contribution in [-0.4, -0.2) is 75.1 Å². The molecule has 7 nitrogen and oxygen atoms in total. The van der Waals surface area contributed by atoms with Crippen molar-refractivity contribution in [1.29, 1.82) is 0 Å². The molecule has 1 aliphatic heterocycles. The highest BCUT2D eigenvalue weighted by Gasteiger charge is 2.26. The molecule has 7 heteroatoms. The molecule has 1 aromatic carbocycles. The first-order chi connectivity index (χ1) is 11.6. The van der Waals surface area contributed by atoms with Gasteiger partial charge in [-0.1, -0.05) is 22.9 Å². The third kappa shape index (κ3) is 3.32. The molecule has 128 valence electrons. The number of rotatable bonds is 4. The Morgan fingerprint density at radius 3 is 2.42 bits per heavy atom. The Hall–Kier alpha value is -2.25. The van der Waals surface area contributed by atoms with E-state index in [4.69, 9.17) is 5.11 Å². The Kier molecular flexibility index (Phi) is 4.92. The molecule has 0 bridgehead atoms. The maximum absolute atomic E-state index is 12.7. The lowest BCUT2D eigenvalue weighted by atomic mass is 10.2. The molecule has 1 saturated heterocycles. The van der Waals surface area contributed by atoms with E-state index in [1.54, 1.807) is 4.68 Å². The van der Waals surface area contributed by atoms with Gasteiger partial charge in [-0.25, -0.2) is 4.68 Å². The van der Waals surface area contributed by atoms with Gasteiger partial charge in [0.05, 0.1) is 18.0 Å². The summed E-state index contributed by atoms with van der Waals surface area (Å²) < 4.78 is 1.70. The van der Waals surface area contributed by atoms with Crippen LogP contribution in [-0.2, 0) is 0 Å². The second-order valence-electron chi connectivity index (χ2n) is 6.13. The first-order valence-electron chi connectivity index (χ1n) is 8.22. The quantitative estimate of drug-likeness (QED) is 0.891. The van der Waals surface area contributed by atoms with Crippen LogP contribution in [0.4, 0.5) is 0 Å². The number of aliphatic hydroxyl groups is 1. The minimum Gasteiger partial charge on any atom is -0.395 e. The highest BCUT2D eigenvalue weighted by atomic mass is 16.3. The van der Waals surface area contributed by atoms with E-state index >= 15 is 0 Å². The van der Waals surface area contributed by atoms with Crippen LogP contribution >= 0.6 is 0 Å². The van der Waals surface area contributed by atoms with E-state index in [1.165, 1.54) is 5.56 Å². The molecule has 0 saturated carbocycles. The topological polar surface area (TPSA) is 74.5 Å². The van der Waals surface area contributed by atoms with Gasteiger partial charge in [0.1, 0.15) is 0 Å². The van der Waals surface area contributed by atoms with E-state index < -0.39 is 0 Å². The molecule has 2 heterocycles. The Morgan fingerprint density at radius 2 is 1.79 bits per heavy atom. The highest BCUT2D eigenvalue weighted by molar-refractivity contribution is 5.93. The number of carbonyl (C=O) groups excluding carboxylic acids is 1. The molecular formula is C17H23N5O2. The van der Waals surface area contributed by atoms with Crippen LogP contribution in [0.15, 0.2) is 24.3 Å². The van der Waals surface area contributed by atoms with Gasteiger partial charge in [-0.05, 0) is 26.0 Å². The number of hydrogen-bond donors (Lipinski definition) is 1. The molecule has 2 aromatic rings. The van der Waals surface area contributed by atoms with E-state index in [0.717, 1.165) is 24.5 Å². The minimum atomic E-state index is -0.0745. The maximum atomic E-state index is 12.7. The summed E-state index contributed by atoms with van der Waals surface area (Å²) in [6.07, 6.45) is 0. The molecule has 1 amide bonds. The van der Waals surface area contributed by atoms with Crippen molar-refractivity contribution in [2.24, 2.45) is 0 Å². The molecule has 24 heavy (non-hydrogen) atoms. The van der Waals surface area contributed by atoms with Crippen molar-refractivity contribution in [3.8, 4) is 5.69 Å². The van der Waals surface area contributed by atoms with Crippen molar-refractivity contribution in [3.63, 3.8) is 0 Å². The number of β-amino-alcohol motifs (C(OH)–C–C–N with tert-alkyl or cyclic N) is 1. The molecule has 1 aliphatic rings. The van der Waals surface area contributed by atoms with Crippen molar-refractivity contribution in [2.45, 2.75) is 13.8 Å². The standard InChI is InChI=1S/C17H23N5O2/c1-13-3-5-15(6-4-13)22-14(2)16(18-19-22)17(24)21-9-7-20(8-10-21)11-12-23/h3-6,23H,7-12H2,1-2H3. The van der Waals surface area contributed by atoms with Crippen molar-refractivity contribution in [2.75, 3.05) is 39.3 Å². The number of aryl methyl sites for hydroxylation is 1. The van der Waals surface area contributed by atoms with Gasteiger partial charge in [0.2, 0.25) is 0 Å². The average molecular weight is 329 g/mol. The molecule has 0 aliphatic carbocycles. The number of hydrogen-bond acceptors (Lipinski definition) is 5. The normalized spacial score (nSPS) is 15.7. The van der Waals surface area contributed by atoms with Gasteiger partial charge in [0.25, 0.3) is 5.91 Å². The number of amides is 1. The molecule has 0 spiro atoms. The molecule has 0 radical (unpaired) electrons. The molecular weight excluding hydrogens is 306 g/mol. The molecule has 1 fully saturated rings. The predicted molar refractivity (Wildman–Crippen MR) is 90.3 cm³/mol. The van der Waals surface area contributed by atoms with Gasteiger partial charge in [-0.2, -0.15) is 0 Å². The lowest BCUT2D eigenvalue weighted by molar-refractivity contribution is 0.0608. The van der Waals surface area contributed by atoms with Gasteiger partial charge in [0.15, 0.2) is 5.69 Å². The van der Waals surface area contributed by atoms with E-state index in [2.05, 4.69) is 15.2 Å². The van der Waals surface area contributed by atoms with Gasteiger partial charge < -0.3 is 10.0 Å². The van der Waals surface area contributed by atoms with Crippen molar-refractivity contribution in [3.05, 3.63) is 41.2 Å². The fourth-order valence-corrected chi connectivity index (χ4v) is 2.92. The van der Waals surface area contributed by atoms with E-state index in [-0.39, 0.29) is 12.5 Å². The molecule has 1 aromatic heterocycles. The Labute approximate surface area is 141 Å². The first kappa shape index (κ1) is 16.6. The Balaban J connectivity index is 1.74.